The zero-order valence-corrected chi connectivity index (χ0v) is 14.5. The second-order valence-corrected chi connectivity index (χ2v) is 4.69. The summed E-state index contributed by atoms with van der Waals surface area (Å²) in [7, 11) is 4.49. The summed E-state index contributed by atoms with van der Waals surface area (Å²) in [5.41, 5.74) is 2.04. The van der Waals surface area contributed by atoms with Crippen molar-refractivity contribution in [2.75, 3.05) is 21.3 Å². The molecule has 2 aromatic rings. The fourth-order valence-corrected chi connectivity index (χ4v) is 1.73. The Morgan fingerprint density at radius 2 is 1.22 bits per heavy atom. The quantitative estimate of drug-likeness (QED) is 0.787. The maximum atomic E-state index is 12.9. The molecule has 0 saturated carbocycles. The summed E-state index contributed by atoms with van der Waals surface area (Å²) in [5, 5.41) is 0. The van der Waals surface area contributed by atoms with Crippen LogP contribution in [0.5, 0.6) is 5.75 Å². The van der Waals surface area contributed by atoms with Gasteiger partial charge in [0.2, 0.25) is 0 Å². The summed E-state index contributed by atoms with van der Waals surface area (Å²) in [5.74, 6) is -1.60. The molecule has 0 aliphatic carbocycles. The van der Waals surface area contributed by atoms with Crippen molar-refractivity contribution in [1.82, 2.24) is 0 Å². The monoisotopic (exact) mass is 324 g/mol. The van der Waals surface area contributed by atoms with Crippen molar-refractivity contribution in [3.63, 3.8) is 0 Å². The summed E-state index contributed by atoms with van der Waals surface area (Å²) >= 11 is 0. The lowest BCUT2D eigenvalue weighted by Crippen LogP contribution is -1.94. The van der Waals surface area contributed by atoms with Crippen LogP contribution in [0.2, 0.25) is 0 Å². The first-order chi connectivity index (χ1) is 11.0. The Kier molecular flexibility index (Phi) is 11.5. The van der Waals surface area contributed by atoms with E-state index < -0.39 is 11.6 Å². The Hall–Kier alpha value is -1.94. The molecule has 2 nitrogen and oxygen atoms in total. The van der Waals surface area contributed by atoms with E-state index in [4.69, 9.17) is 0 Å². The van der Waals surface area contributed by atoms with Gasteiger partial charge in [-0.25, -0.2) is 8.78 Å². The van der Waals surface area contributed by atoms with Crippen LogP contribution in [0.4, 0.5) is 8.78 Å². The SMILES string of the molecule is CCc1cc(F)c(OC)c(F)c1.CCc1ccccc1.COC. The van der Waals surface area contributed by atoms with Gasteiger partial charge in [-0.3, -0.25) is 0 Å². The van der Waals surface area contributed by atoms with Gasteiger partial charge in [-0.2, -0.15) is 0 Å². The van der Waals surface area contributed by atoms with Crippen LogP contribution in [0, 0.1) is 11.6 Å². The molecule has 0 unspecified atom stereocenters. The van der Waals surface area contributed by atoms with E-state index in [1.54, 1.807) is 14.2 Å². The molecule has 2 aromatic carbocycles. The second kappa shape index (κ2) is 12.6. The minimum atomic E-state index is -0.644. The average Bonchev–Trinajstić information content (AvgIpc) is 2.56. The molecule has 23 heavy (non-hydrogen) atoms. The Balaban J connectivity index is 0.000000379. The van der Waals surface area contributed by atoms with Crippen molar-refractivity contribution in [2.45, 2.75) is 26.7 Å². The van der Waals surface area contributed by atoms with Crippen molar-refractivity contribution >= 4 is 0 Å². The van der Waals surface area contributed by atoms with Crippen LogP contribution in [-0.2, 0) is 17.6 Å². The average molecular weight is 324 g/mol. The molecule has 0 spiro atoms. The van der Waals surface area contributed by atoms with Gasteiger partial charge < -0.3 is 9.47 Å². The Morgan fingerprint density at radius 1 is 0.783 bits per heavy atom. The molecule has 0 heterocycles. The largest absolute Gasteiger partial charge is 0.491 e. The summed E-state index contributed by atoms with van der Waals surface area (Å²) in [6, 6.07) is 13.0. The summed E-state index contributed by atoms with van der Waals surface area (Å²) in [6.07, 6.45) is 1.75. The van der Waals surface area contributed by atoms with Gasteiger partial charge in [0, 0.05) is 14.2 Å². The van der Waals surface area contributed by atoms with Gasteiger partial charge in [-0.05, 0) is 36.1 Å². The third-order valence-corrected chi connectivity index (χ3v) is 2.92. The molecule has 0 fully saturated rings. The zero-order valence-electron chi connectivity index (χ0n) is 14.5. The van der Waals surface area contributed by atoms with Gasteiger partial charge in [0.1, 0.15) is 0 Å². The van der Waals surface area contributed by atoms with Gasteiger partial charge >= 0.3 is 0 Å². The molecule has 0 amide bonds. The van der Waals surface area contributed by atoms with Crippen LogP contribution >= 0.6 is 0 Å². The van der Waals surface area contributed by atoms with E-state index in [9.17, 15) is 8.78 Å². The number of aryl methyl sites for hydroxylation is 2. The number of ether oxygens (including phenoxy) is 2. The van der Waals surface area contributed by atoms with Gasteiger partial charge in [0.05, 0.1) is 7.11 Å². The Bertz CT molecular complexity index is 519. The molecular weight excluding hydrogens is 298 g/mol. The maximum absolute atomic E-state index is 12.9. The number of benzene rings is 2. The van der Waals surface area contributed by atoms with Crippen molar-refractivity contribution in [2.24, 2.45) is 0 Å². The van der Waals surface area contributed by atoms with E-state index in [2.05, 4.69) is 40.7 Å². The van der Waals surface area contributed by atoms with Gasteiger partial charge in [-0.15, -0.1) is 0 Å². The fraction of sp³-hybridized carbons (Fsp3) is 0.368. The first kappa shape index (κ1) is 21.1. The van der Waals surface area contributed by atoms with E-state index >= 15 is 0 Å². The normalized spacial score (nSPS) is 9.17. The minimum Gasteiger partial charge on any atom is -0.491 e. The number of hydrogen-bond donors (Lipinski definition) is 0. The molecule has 0 radical (unpaired) electrons. The van der Waals surface area contributed by atoms with Crippen molar-refractivity contribution in [1.29, 1.82) is 0 Å². The van der Waals surface area contributed by atoms with Crippen LogP contribution in [0.3, 0.4) is 0 Å². The lowest BCUT2D eigenvalue weighted by atomic mass is 10.1. The minimum absolute atomic E-state index is 0.313. The van der Waals surface area contributed by atoms with Crippen molar-refractivity contribution in [3.05, 3.63) is 65.2 Å². The summed E-state index contributed by atoms with van der Waals surface area (Å²) < 4.78 is 34.6. The van der Waals surface area contributed by atoms with E-state index in [1.165, 1.54) is 24.8 Å². The first-order valence-corrected chi connectivity index (χ1v) is 7.49. The standard InChI is InChI=1S/C9H10F2O.C8H10.C2H6O/c1-3-6-4-7(10)9(12-2)8(11)5-6;1-2-8-6-4-3-5-7-8;1-3-2/h4-5H,3H2,1-2H3;3-7H,2H2,1H3;1-2H3. The van der Waals surface area contributed by atoms with Gasteiger partial charge in [-0.1, -0.05) is 44.2 Å². The highest BCUT2D eigenvalue weighted by molar-refractivity contribution is 5.31. The molecule has 128 valence electrons. The molecular formula is C19H26F2O2. The molecule has 4 heteroatoms. The van der Waals surface area contributed by atoms with E-state index in [-0.39, 0.29) is 5.75 Å². The highest BCUT2D eigenvalue weighted by Crippen LogP contribution is 2.22. The molecule has 0 N–H and O–H groups in total. The van der Waals surface area contributed by atoms with Gasteiger partial charge in [0.15, 0.2) is 17.4 Å². The predicted octanol–water partition coefficient (Wildman–Crippen LogP) is 5.05. The summed E-state index contributed by atoms with van der Waals surface area (Å²) in [4.78, 5) is 0. The molecule has 0 aliphatic heterocycles. The van der Waals surface area contributed by atoms with Crippen LogP contribution in [0.15, 0.2) is 42.5 Å². The second-order valence-electron chi connectivity index (χ2n) is 4.69. The van der Waals surface area contributed by atoms with Crippen LogP contribution in [-0.4, -0.2) is 21.3 Å². The van der Waals surface area contributed by atoms with Crippen LogP contribution in [0.25, 0.3) is 0 Å². The Labute approximate surface area is 138 Å². The lowest BCUT2D eigenvalue weighted by Gasteiger charge is -2.04. The smallest absolute Gasteiger partial charge is 0.190 e. The molecule has 0 saturated heterocycles. The summed E-state index contributed by atoms with van der Waals surface area (Å²) in [6.45, 7) is 4.00. The molecule has 0 atom stereocenters. The zero-order chi connectivity index (χ0) is 17.7. The third-order valence-electron chi connectivity index (χ3n) is 2.92. The van der Waals surface area contributed by atoms with Crippen molar-refractivity contribution in [3.8, 4) is 5.75 Å². The van der Waals surface area contributed by atoms with Gasteiger partial charge in [0.25, 0.3) is 0 Å². The number of hydrogen-bond acceptors (Lipinski definition) is 2. The first-order valence-electron chi connectivity index (χ1n) is 7.49. The highest BCUT2D eigenvalue weighted by Gasteiger charge is 2.09. The molecule has 0 aliphatic rings. The molecule has 2 rings (SSSR count). The number of rotatable bonds is 3. The highest BCUT2D eigenvalue weighted by atomic mass is 19.1. The fourth-order valence-electron chi connectivity index (χ4n) is 1.73. The predicted molar refractivity (Wildman–Crippen MR) is 91.0 cm³/mol. The molecule has 0 bridgehead atoms. The Morgan fingerprint density at radius 3 is 1.52 bits per heavy atom. The van der Waals surface area contributed by atoms with Crippen LogP contribution < -0.4 is 4.74 Å². The van der Waals surface area contributed by atoms with E-state index in [0.29, 0.717) is 12.0 Å². The lowest BCUT2D eigenvalue weighted by molar-refractivity contribution is 0.277. The molecule has 0 aromatic heterocycles. The maximum Gasteiger partial charge on any atom is 0.190 e. The number of halogens is 2. The third kappa shape index (κ3) is 8.31. The van der Waals surface area contributed by atoms with E-state index in [0.717, 1.165) is 6.42 Å². The number of methoxy groups -OCH3 is 2. The van der Waals surface area contributed by atoms with E-state index in [1.807, 2.05) is 13.0 Å². The van der Waals surface area contributed by atoms with Crippen molar-refractivity contribution < 1.29 is 18.3 Å². The topological polar surface area (TPSA) is 18.5 Å². The van der Waals surface area contributed by atoms with Crippen LogP contribution in [0.1, 0.15) is 25.0 Å².